The van der Waals surface area contributed by atoms with Gasteiger partial charge in [-0.25, -0.2) is 0 Å². The van der Waals surface area contributed by atoms with E-state index < -0.39 is 5.60 Å². The summed E-state index contributed by atoms with van der Waals surface area (Å²) in [4.78, 5) is 12.0. The van der Waals surface area contributed by atoms with Crippen molar-refractivity contribution >= 4 is 28.4 Å². The van der Waals surface area contributed by atoms with Crippen molar-refractivity contribution in [1.82, 2.24) is 9.88 Å². The summed E-state index contributed by atoms with van der Waals surface area (Å²) in [6.45, 7) is 0.975. The Hall–Kier alpha value is -1.56. The molecule has 1 atom stereocenters. The normalized spacial score (nSPS) is 21.4. The number of aliphatic hydroxyl groups is 1. The minimum atomic E-state index is -1.37. The Kier molecular flexibility index (Phi) is 4.12. The SMILES string of the molecule is Cn1cc(CCNC(=O)C2(O)CCOC2)c2ccc(Cl)cc21. The Morgan fingerprint density at radius 1 is 1.55 bits per heavy atom. The van der Waals surface area contributed by atoms with Crippen molar-refractivity contribution in [2.45, 2.75) is 18.4 Å². The fourth-order valence-corrected chi connectivity index (χ4v) is 3.02. The van der Waals surface area contributed by atoms with Crippen LogP contribution >= 0.6 is 11.6 Å². The second-order valence-corrected chi connectivity index (χ2v) is 6.20. The topological polar surface area (TPSA) is 63.5 Å². The number of carbonyl (C=O) groups is 1. The molecule has 6 heteroatoms. The molecule has 2 N–H and O–H groups in total. The summed E-state index contributed by atoms with van der Waals surface area (Å²) < 4.78 is 7.12. The number of rotatable bonds is 4. The molecule has 118 valence electrons. The number of carbonyl (C=O) groups excluding carboxylic acids is 1. The van der Waals surface area contributed by atoms with E-state index in [4.69, 9.17) is 16.3 Å². The van der Waals surface area contributed by atoms with Gasteiger partial charge in [0, 0.05) is 42.1 Å². The third-order valence-corrected chi connectivity index (χ3v) is 4.37. The van der Waals surface area contributed by atoms with E-state index >= 15 is 0 Å². The first-order valence-electron chi connectivity index (χ1n) is 7.31. The van der Waals surface area contributed by atoms with Crippen LogP contribution in [-0.2, 0) is 23.0 Å². The highest BCUT2D eigenvalue weighted by Gasteiger charge is 2.39. The summed E-state index contributed by atoms with van der Waals surface area (Å²) >= 11 is 6.02. The smallest absolute Gasteiger partial charge is 0.254 e. The van der Waals surface area contributed by atoms with Crippen LogP contribution < -0.4 is 5.32 Å². The minimum absolute atomic E-state index is 0.0750. The number of benzene rings is 1. The Morgan fingerprint density at radius 3 is 3.09 bits per heavy atom. The molecular formula is C16H19ClN2O3. The number of hydrogen-bond donors (Lipinski definition) is 2. The van der Waals surface area contributed by atoms with Crippen molar-refractivity contribution in [3.63, 3.8) is 0 Å². The number of aryl methyl sites for hydroxylation is 1. The van der Waals surface area contributed by atoms with E-state index in [1.54, 1.807) is 0 Å². The first-order valence-corrected chi connectivity index (χ1v) is 7.69. The largest absolute Gasteiger partial charge is 0.378 e. The molecule has 1 fully saturated rings. The van der Waals surface area contributed by atoms with Crippen LogP contribution in [0, 0.1) is 0 Å². The zero-order valence-electron chi connectivity index (χ0n) is 12.4. The van der Waals surface area contributed by atoms with E-state index in [2.05, 4.69) is 5.32 Å². The Balaban J connectivity index is 1.66. The molecule has 1 aromatic carbocycles. The van der Waals surface area contributed by atoms with Crippen LogP contribution in [0.15, 0.2) is 24.4 Å². The monoisotopic (exact) mass is 322 g/mol. The molecule has 0 spiro atoms. The van der Waals surface area contributed by atoms with Gasteiger partial charge < -0.3 is 19.7 Å². The maximum atomic E-state index is 12.0. The van der Waals surface area contributed by atoms with Crippen LogP contribution in [0.1, 0.15) is 12.0 Å². The number of halogens is 1. The maximum absolute atomic E-state index is 12.0. The summed E-state index contributed by atoms with van der Waals surface area (Å²) in [5.41, 5.74) is 0.840. The third-order valence-electron chi connectivity index (χ3n) is 4.14. The fourth-order valence-electron chi connectivity index (χ4n) is 2.85. The second kappa shape index (κ2) is 5.91. The number of fused-ring (bicyclic) bond motifs is 1. The zero-order valence-corrected chi connectivity index (χ0v) is 13.2. The molecule has 1 amide bonds. The van der Waals surface area contributed by atoms with Crippen LogP contribution in [0.5, 0.6) is 0 Å². The van der Waals surface area contributed by atoms with Crippen LogP contribution in [-0.4, -0.2) is 40.9 Å². The molecule has 5 nitrogen and oxygen atoms in total. The van der Waals surface area contributed by atoms with E-state index in [0.717, 1.165) is 16.5 Å². The average Bonchev–Trinajstić information content (AvgIpc) is 3.05. The highest BCUT2D eigenvalue weighted by atomic mass is 35.5. The fraction of sp³-hybridized carbons (Fsp3) is 0.438. The first kappa shape index (κ1) is 15.3. The molecule has 2 aromatic rings. The molecule has 0 saturated carbocycles. The highest BCUT2D eigenvalue weighted by molar-refractivity contribution is 6.31. The standard InChI is InChI=1S/C16H19ClN2O3/c1-19-9-11(13-3-2-12(17)8-14(13)19)4-6-18-15(20)16(21)5-7-22-10-16/h2-3,8-9,21H,4-7,10H2,1H3,(H,18,20). The van der Waals surface area contributed by atoms with Crippen LogP contribution in [0.2, 0.25) is 5.02 Å². The van der Waals surface area contributed by atoms with E-state index in [-0.39, 0.29) is 12.5 Å². The predicted octanol–water partition coefficient (Wildman–Crippen LogP) is 1.64. The lowest BCUT2D eigenvalue weighted by Gasteiger charge is -2.19. The number of hydrogen-bond acceptors (Lipinski definition) is 3. The van der Waals surface area contributed by atoms with Crippen molar-refractivity contribution in [2.24, 2.45) is 7.05 Å². The Morgan fingerprint density at radius 2 is 2.36 bits per heavy atom. The summed E-state index contributed by atoms with van der Waals surface area (Å²) in [5.74, 6) is -0.353. The van der Waals surface area contributed by atoms with Crippen molar-refractivity contribution in [2.75, 3.05) is 19.8 Å². The van der Waals surface area contributed by atoms with Gasteiger partial charge >= 0.3 is 0 Å². The van der Waals surface area contributed by atoms with Crippen molar-refractivity contribution in [1.29, 1.82) is 0 Å². The summed E-state index contributed by atoms with van der Waals surface area (Å²) in [5, 5.41) is 14.7. The third kappa shape index (κ3) is 2.84. The van der Waals surface area contributed by atoms with Gasteiger partial charge in [-0.15, -0.1) is 0 Å². The molecule has 22 heavy (non-hydrogen) atoms. The van der Waals surface area contributed by atoms with E-state index in [1.807, 2.05) is 36.0 Å². The van der Waals surface area contributed by atoms with Gasteiger partial charge in [0.25, 0.3) is 5.91 Å². The molecule has 1 unspecified atom stereocenters. The molecular weight excluding hydrogens is 304 g/mol. The Bertz CT molecular complexity index is 705. The van der Waals surface area contributed by atoms with Crippen LogP contribution in [0.4, 0.5) is 0 Å². The highest BCUT2D eigenvalue weighted by Crippen LogP contribution is 2.24. The predicted molar refractivity (Wildman–Crippen MR) is 85.0 cm³/mol. The van der Waals surface area contributed by atoms with Gasteiger partial charge in [-0.2, -0.15) is 0 Å². The van der Waals surface area contributed by atoms with Gasteiger partial charge in [-0.3, -0.25) is 4.79 Å². The number of amides is 1. The minimum Gasteiger partial charge on any atom is -0.378 e. The Labute approximate surface area is 133 Å². The quantitative estimate of drug-likeness (QED) is 0.899. The average molecular weight is 323 g/mol. The van der Waals surface area contributed by atoms with Crippen molar-refractivity contribution < 1.29 is 14.6 Å². The number of aromatic nitrogens is 1. The zero-order chi connectivity index (χ0) is 15.7. The number of ether oxygens (including phenoxy) is 1. The molecule has 1 aliphatic rings. The van der Waals surface area contributed by atoms with Gasteiger partial charge in [-0.05, 0) is 24.1 Å². The molecule has 0 bridgehead atoms. The lowest BCUT2D eigenvalue weighted by molar-refractivity contribution is -0.139. The van der Waals surface area contributed by atoms with E-state index in [0.29, 0.717) is 31.0 Å². The van der Waals surface area contributed by atoms with Gasteiger partial charge in [0.15, 0.2) is 5.60 Å². The summed E-state index contributed by atoms with van der Waals surface area (Å²) in [6.07, 6.45) is 3.09. The van der Waals surface area contributed by atoms with Gasteiger partial charge in [0.05, 0.1) is 13.2 Å². The lowest BCUT2D eigenvalue weighted by atomic mass is 10.0. The molecule has 2 heterocycles. The van der Waals surface area contributed by atoms with Gasteiger partial charge in [-0.1, -0.05) is 17.7 Å². The number of nitrogens with one attached hydrogen (secondary N) is 1. The molecule has 1 saturated heterocycles. The molecule has 1 aromatic heterocycles. The lowest BCUT2D eigenvalue weighted by Crippen LogP contribution is -2.47. The maximum Gasteiger partial charge on any atom is 0.254 e. The first-order chi connectivity index (χ1) is 10.5. The van der Waals surface area contributed by atoms with E-state index in [1.165, 1.54) is 0 Å². The van der Waals surface area contributed by atoms with Crippen molar-refractivity contribution in [3.8, 4) is 0 Å². The van der Waals surface area contributed by atoms with Crippen LogP contribution in [0.3, 0.4) is 0 Å². The molecule has 3 rings (SSSR count). The number of nitrogens with zero attached hydrogens (tertiary/aromatic N) is 1. The van der Waals surface area contributed by atoms with E-state index in [9.17, 15) is 9.90 Å². The van der Waals surface area contributed by atoms with Crippen LogP contribution in [0.25, 0.3) is 10.9 Å². The summed E-state index contributed by atoms with van der Waals surface area (Å²) in [6, 6.07) is 5.79. The molecule has 0 radical (unpaired) electrons. The van der Waals surface area contributed by atoms with Crippen molar-refractivity contribution in [3.05, 3.63) is 35.0 Å². The summed E-state index contributed by atoms with van der Waals surface area (Å²) in [7, 11) is 1.97. The van der Waals surface area contributed by atoms with Gasteiger partial charge in [0.1, 0.15) is 0 Å². The molecule has 1 aliphatic heterocycles. The second-order valence-electron chi connectivity index (χ2n) is 5.77. The molecule has 0 aliphatic carbocycles. The van der Waals surface area contributed by atoms with Gasteiger partial charge in [0.2, 0.25) is 0 Å².